The number of hydrogen-bond donors (Lipinski definition) is 0. The first-order chi connectivity index (χ1) is 4.09. The van der Waals surface area contributed by atoms with E-state index in [9.17, 15) is 4.79 Å². The van der Waals surface area contributed by atoms with Crippen LogP contribution in [0.15, 0.2) is 23.3 Å². The van der Waals surface area contributed by atoms with Crippen molar-refractivity contribution in [1.29, 1.82) is 0 Å². The molecule has 0 saturated carbocycles. The summed E-state index contributed by atoms with van der Waals surface area (Å²) in [7, 11) is 0. The zero-order chi connectivity index (χ0) is 7.44. The van der Waals surface area contributed by atoms with Crippen LogP contribution in [0.2, 0.25) is 0 Å². The molecule has 0 aromatic carbocycles. The first-order valence-corrected chi connectivity index (χ1v) is 2.88. The molecule has 0 aliphatic carbocycles. The molecule has 0 aromatic rings. The van der Waals surface area contributed by atoms with Crippen molar-refractivity contribution in [3.63, 3.8) is 0 Å². The van der Waals surface area contributed by atoms with Crippen molar-refractivity contribution in [2.45, 2.75) is 20.8 Å². The molecule has 0 bridgehead atoms. The Bertz CT molecular complexity index is 163. The molecule has 0 atom stereocenters. The van der Waals surface area contributed by atoms with Gasteiger partial charge in [-0.1, -0.05) is 12.2 Å². The minimum Gasteiger partial charge on any atom is -0.298 e. The fraction of sp³-hybridized carbons (Fsp3) is 0.375. The van der Waals surface area contributed by atoms with Crippen LogP contribution in [0.5, 0.6) is 0 Å². The lowest BCUT2D eigenvalue weighted by molar-refractivity contribution is -0.104. The Morgan fingerprint density at radius 1 is 1.33 bits per heavy atom. The van der Waals surface area contributed by atoms with Gasteiger partial charge in [-0.3, -0.25) is 4.79 Å². The van der Waals surface area contributed by atoms with Crippen LogP contribution in [0.25, 0.3) is 0 Å². The van der Waals surface area contributed by atoms with Crippen LogP contribution in [-0.4, -0.2) is 6.29 Å². The van der Waals surface area contributed by atoms with E-state index in [4.69, 9.17) is 0 Å². The van der Waals surface area contributed by atoms with E-state index < -0.39 is 0 Å². The van der Waals surface area contributed by atoms with Gasteiger partial charge in [0.15, 0.2) is 0 Å². The molecule has 0 radical (unpaired) electrons. The van der Waals surface area contributed by atoms with E-state index in [1.807, 2.05) is 13.8 Å². The molecule has 0 heterocycles. The highest BCUT2D eigenvalue weighted by molar-refractivity contribution is 5.74. The van der Waals surface area contributed by atoms with E-state index in [0.29, 0.717) is 0 Å². The zero-order valence-electron chi connectivity index (χ0n) is 6.19. The number of rotatable bonds is 2. The van der Waals surface area contributed by atoms with Crippen molar-refractivity contribution >= 4 is 6.29 Å². The van der Waals surface area contributed by atoms with E-state index in [0.717, 1.165) is 23.0 Å². The molecule has 0 N–H and O–H groups in total. The largest absolute Gasteiger partial charge is 0.298 e. The molecule has 0 amide bonds. The highest BCUT2D eigenvalue weighted by Gasteiger charge is 1.93. The number of aldehydes is 1. The van der Waals surface area contributed by atoms with Gasteiger partial charge in [0.25, 0.3) is 0 Å². The Morgan fingerprint density at radius 2 is 1.78 bits per heavy atom. The van der Waals surface area contributed by atoms with E-state index >= 15 is 0 Å². The lowest BCUT2D eigenvalue weighted by Gasteiger charge is -1.98. The summed E-state index contributed by atoms with van der Waals surface area (Å²) in [5.74, 6) is 0. The normalized spacial score (nSPS) is 12.3. The second kappa shape index (κ2) is 3.23. The number of allylic oxidation sites excluding steroid dienone is 3. The van der Waals surface area contributed by atoms with Crippen LogP contribution in [0.1, 0.15) is 20.8 Å². The summed E-state index contributed by atoms with van der Waals surface area (Å²) in [5, 5.41) is 0. The lowest BCUT2D eigenvalue weighted by atomic mass is 10.1. The van der Waals surface area contributed by atoms with Crippen LogP contribution < -0.4 is 0 Å². The van der Waals surface area contributed by atoms with Crippen molar-refractivity contribution < 1.29 is 4.79 Å². The molecule has 0 saturated heterocycles. The maximum Gasteiger partial charge on any atom is 0.146 e. The third kappa shape index (κ3) is 2.27. The molecule has 0 aliphatic heterocycles. The quantitative estimate of drug-likeness (QED) is 0.313. The summed E-state index contributed by atoms with van der Waals surface area (Å²) >= 11 is 0. The highest BCUT2D eigenvalue weighted by Crippen LogP contribution is 2.08. The second-order valence-electron chi connectivity index (χ2n) is 2.21. The van der Waals surface area contributed by atoms with Crippen LogP contribution in [0.4, 0.5) is 0 Å². The van der Waals surface area contributed by atoms with Gasteiger partial charge in [0, 0.05) is 0 Å². The zero-order valence-corrected chi connectivity index (χ0v) is 6.19. The molecule has 9 heavy (non-hydrogen) atoms. The van der Waals surface area contributed by atoms with Crippen molar-refractivity contribution in [2.75, 3.05) is 0 Å². The van der Waals surface area contributed by atoms with Crippen LogP contribution in [-0.2, 0) is 4.79 Å². The van der Waals surface area contributed by atoms with Crippen LogP contribution in [0.3, 0.4) is 0 Å². The van der Waals surface area contributed by atoms with Crippen LogP contribution >= 0.6 is 0 Å². The molecule has 0 fully saturated rings. The molecule has 50 valence electrons. The lowest BCUT2D eigenvalue weighted by Crippen LogP contribution is -1.85. The van der Waals surface area contributed by atoms with E-state index in [-0.39, 0.29) is 0 Å². The van der Waals surface area contributed by atoms with Gasteiger partial charge in [-0.2, -0.15) is 0 Å². The van der Waals surface area contributed by atoms with Gasteiger partial charge in [0.2, 0.25) is 0 Å². The van der Waals surface area contributed by atoms with Gasteiger partial charge >= 0.3 is 0 Å². The fourth-order valence-corrected chi connectivity index (χ4v) is 0.425. The third-order valence-corrected chi connectivity index (χ3v) is 1.41. The van der Waals surface area contributed by atoms with Gasteiger partial charge in [0.1, 0.15) is 6.29 Å². The number of carbonyl (C=O) groups excluding carboxylic acids is 1. The highest BCUT2D eigenvalue weighted by atomic mass is 16.1. The standard InChI is InChI=1S/C8H12O/c1-6(2)8(4)7(3)5-9/h5H,1H2,2-4H3/b8-7-. The summed E-state index contributed by atoms with van der Waals surface area (Å²) in [5.41, 5.74) is 2.71. The summed E-state index contributed by atoms with van der Waals surface area (Å²) in [6, 6.07) is 0. The monoisotopic (exact) mass is 124 g/mol. The predicted molar refractivity (Wildman–Crippen MR) is 39.3 cm³/mol. The Labute approximate surface area is 56.1 Å². The smallest absolute Gasteiger partial charge is 0.146 e. The third-order valence-electron chi connectivity index (χ3n) is 1.41. The molecule has 1 nitrogen and oxygen atoms in total. The summed E-state index contributed by atoms with van der Waals surface area (Å²) in [4.78, 5) is 10.2. The van der Waals surface area contributed by atoms with Gasteiger partial charge in [0.05, 0.1) is 0 Å². The summed E-state index contributed by atoms with van der Waals surface area (Å²) in [6.45, 7) is 9.28. The molecule has 0 spiro atoms. The SMILES string of the molecule is C=C(C)/C(C)=C(/C)C=O. The molecule has 0 aliphatic rings. The fourth-order valence-electron chi connectivity index (χ4n) is 0.425. The van der Waals surface area contributed by atoms with E-state index in [2.05, 4.69) is 6.58 Å². The molecule has 1 heteroatoms. The number of carbonyl (C=O) groups is 1. The van der Waals surface area contributed by atoms with Crippen molar-refractivity contribution in [2.24, 2.45) is 0 Å². The topological polar surface area (TPSA) is 17.1 Å². The average Bonchev–Trinajstić information content (AvgIpc) is 1.84. The minimum atomic E-state index is 0.766. The molecule has 0 unspecified atom stereocenters. The first kappa shape index (κ1) is 8.15. The van der Waals surface area contributed by atoms with Gasteiger partial charge < -0.3 is 0 Å². The predicted octanol–water partition coefficient (Wildman–Crippen LogP) is 2.10. The number of hydrogen-bond acceptors (Lipinski definition) is 1. The van der Waals surface area contributed by atoms with Gasteiger partial charge in [-0.15, -0.1) is 0 Å². The van der Waals surface area contributed by atoms with Crippen molar-refractivity contribution in [1.82, 2.24) is 0 Å². The minimum absolute atomic E-state index is 0.766. The van der Waals surface area contributed by atoms with E-state index in [1.165, 1.54) is 0 Å². The average molecular weight is 124 g/mol. The Morgan fingerprint density at radius 3 is 1.89 bits per heavy atom. The molecule has 0 rings (SSSR count). The van der Waals surface area contributed by atoms with Gasteiger partial charge in [-0.25, -0.2) is 0 Å². The van der Waals surface area contributed by atoms with Crippen LogP contribution in [0, 0.1) is 0 Å². The molecule has 0 aromatic heterocycles. The Balaban J connectivity index is 4.47. The Kier molecular flexibility index (Phi) is 2.93. The summed E-state index contributed by atoms with van der Waals surface area (Å²) in [6.07, 6.45) is 0.851. The second-order valence-corrected chi connectivity index (χ2v) is 2.21. The molecular weight excluding hydrogens is 112 g/mol. The summed E-state index contributed by atoms with van der Waals surface area (Å²) < 4.78 is 0. The van der Waals surface area contributed by atoms with Gasteiger partial charge in [-0.05, 0) is 31.9 Å². The van der Waals surface area contributed by atoms with E-state index in [1.54, 1.807) is 6.92 Å². The maximum absolute atomic E-state index is 10.2. The van der Waals surface area contributed by atoms with Crippen molar-refractivity contribution in [3.05, 3.63) is 23.3 Å². The van der Waals surface area contributed by atoms with Crippen molar-refractivity contribution in [3.8, 4) is 0 Å². The Hall–Kier alpha value is -0.850. The first-order valence-electron chi connectivity index (χ1n) is 2.88. The molecular formula is C8H12O. The maximum atomic E-state index is 10.2.